The van der Waals surface area contributed by atoms with Crippen molar-refractivity contribution in [2.45, 2.75) is 32.4 Å². The molecule has 2 atom stereocenters. The van der Waals surface area contributed by atoms with Crippen LogP contribution in [0.4, 0.5) is 0 Å². The lowest BCUT2D eigenvalue weighted by Gasteiger charge is -2.27. The molecule has 17 heavy (non-hydrogen) atoms. The second kappa shape index (κ2) is 4.88. The fraction of sp³-hybridized carbons (Fsp3) is 0.500. The highest BCUT2D eigenvalue weighted by molar-refractivity contribution is 5.94. The predicted octanol–water partition coefficient (Wildman–Crippen LogP) is 1.92. The molecule has 1 aliphatic heterocycles. The minimum absolute atomic E-state index is 0.0286. The number of amides is 1. The molecule has 0 aliphatic carbocycles. The van der Waals surface area contributed by atoms with E-state index in [-0.39, 0.29) is 18.1 Å². The Morgan fingerprint density at radius 3 is 2.59 bits per heavy atom. The summed E-state index contributed by atoms with van der Waals surface area (Å²) in [5, 5.41) is 9.72. The van der Waals surface area contributed by atoms with E-state index in [1.807, 2.05) is 35.2 Å². The molecule has 0 spiro atoms. The Bertz CT molecular complexity index is 388. The third-order valence-electron chi connectivity index (χ3n) is 3.37. The minimum Gasteiger partial charge on any atom is -0.391 e. The fourth-order valence-electron chi connectivity index (χ4n) is 2.46. The molecule has 0 bridgehead atoms. The van der Waals surface area contributed by atoms with Crippen LogP contribution < -0.4 is 0 Å². The first kappa shape index (κ1) is 12.1. The smallest absolute Gasteiger partial charge is 0.254 e. The second-order valence-electron chi connectivity index (χ2n) is 5.02. The quantitative estimate of drug-likeness (QED) is 0.847. The average Bonchev–Trinajstić information content (AvgIpc) is 2.72. The van der Waals surface area contributed by atoms with Crippen molar-refractivity contribution >= 4 is 5.91 Å². The summed E-state index contributed by atoms with van der Waals surface area (Å²) in [5.74, 6) is 0.403. The van der Waals surface area contributed by atoms with Gasteiger partial charge < -0.3 is 10.0 Å². The van der Waals surface area contributed by atoms with E-state index in [0.29, 0.717) is 24.4 Å². The number of rotatable bonds is 2. The lowest BCUT2D eigenvalue weighted by Crippen LogP contribution is -2.38. The van der Waals surface area contributed by atoms with E-state index in [4.69, 9.17) is 0 Å². The SMILES string of the molecule is CC(C)C1C[C@@H](O)CN1C(=O)c1ccccc1. The molecule has 0 aromatic heterocycles. The number of carbonyl (C=O) groups excluding carboxylic acids is 1. The zero-order chi connectivity index (χ0) is 12.4. The molecule has 2 rings (SSSR count). The molecule has 1 aromatic carbocycles. The zero-order valence-electron chi connectivity index (χ0n) is 10.3. The van der Waals surface area contributed by atoms with Crippen molar-refractivity contribution in [1.82, 2.24) is 4.90 Å². The molecule has 0 saturated carbocycles. The maximum Gasteiger partial charge on any atom is 0.254 e. The number of carbonyl (C=O) groups is 1. The molecule has 1 aromatic rings. The lowest BCUT2D eigenvalue weighted by molar-refractivity contribution is 0.0686. The highest BCUT2D eigenvalue weighted by Crippen LogP contribution is 2.25. The van der Waals surface area contributed by atoms with Crippen molar-refractivity contribution < 1.29 is 9.90 Å². The molecule has 92 valence electrons. The summed E-state index contributed by atoms with van der Waals surface area (Å²) in [4.78, 5) is 14.1. The molecular weight excluding hydrogens is 214 g/mol. The predicted molar refractivity (Wildman–Crippen MR) is 66.7 cm³/mol. The van der Waals surface area contributed by atoms with Gasteiger partial charge >= 0.3 is 0 Å². The Morgan fingerprint density at radius 2 is 2.00 bits per heavy atom. The first-order valence-corrected chi connectivity index (χ1v) is 6.13. The Labute approximate surface area is 102 Å². The van der Waals surface area contributed by atoms with Gasteiger partial charge in [0, 0.05) is 18.2 Å². The van der Waals surface area contributed by atoms with Gasteiger partial charge in [-0.05, 0) is 24.5 Å². The van der Waals surface area contributed by atoms with E-state index < -0.39 is 0 Å². The Balaban J connectivity index is 2.19. The van der Waals surface area contributed by atoms with E-state index >= 15 is 0 Å². The number of aliphatic hydroxyl groups is 1. The Morgan fingerprint density at radius 1 is 1.35 bits per heavy atom. The van der Waals surface area contributed by atoms with Gasteiger partial charge in [-0.15, -0.1) is 0 Å². The van der Waals surface area contributed by atoms with Crippen molar-refractivity contribution in [2.24, 2.45) is 5.92 Å². The fourth-order valence-corrected chi connectivity index (χ4v) is 2.46. The highest BCUT2D eigenvalue weighted by atomic mass is 16.3. The molecule has 1 amide bonds. The van der Waals surface area contributed by atoms with Crippen LogP contribution in [-0.4, -0.2) is 34.6 Å². The molecule has 1 aliphatic rings. The summed E-state index contributed by atoms with van der Waals surface area (Å²) in [6.45, 7) is 4.64. The topological polar surface area (TPSA) is 40.5 Å². The molecule has 3 heteroatoms. The molecule has 1 heterocycles. The summed E-state index contributed by atoms with van der Waals surface area (Å²) in [6.07, 6.45) is 0.311. The van der Waals surface area contributed by atoms with Crippen LogP contribution in [-0.2, 0) is 0 Å². The number of β-amino-alcohol motifs (C(OH)–C–C–N with tert-alkyl or cyclic N) is 1. The van der Waals surface area contributed by atoms with Crippen LogP contribution in [0.25, 0.3) is 0 Å². The number of aliphatic hydroxyl groups excluding tert-OH is 1. The number of hydrogen-bond acceptors (Lipinski definition) is 2. The van der Waals surface area contributed by atoms with Gasteiger partial charge in [-0.25, -0.2) is 0 Å². The van der Waals surface area contributed by atoms with Gasteiger partial charge in [0.25, 0.3) is 5.91 Å². The zero-order valence-corrected chi connectivity index (χ0v) is 10.3. The van der Waals surface area contributed by atoms with Crippen LogP contribution in [0.15, 0.2) is 30.3 Å². The summed E-state index contributed by atoms with van der Waals surface area (Å²) in [6, 6.07) is 9.43. The highest BCUT2D eigenvalue weighted by Gasteiger charge is 2.36. The van der Waals surface area contributed by atoms with Gasteiger partial charge in [0.15, 0.2) is 0 Å². The van der Waals surface area contributed by atoms with E-state index in [1.54, 1.807) is 0 Å². The number of likely N-dealkylation sites (tertiary alicyclic amines) is 1. The van der Waals surface area contributed by atoms with Crippen LogP contribution in [0.5, 0.6) is 0 Å². The van der Waals surface area contributed by atoms with Crippen LogP contribution in [0, 0.1) is 5.92 Å². The third kappa shape index (κ3) is 2.50. The Hall–Kier alpha value is -1.35. The maximum absolute atomic E-state index is 12.3. The van der Waals surface area contributed by atoms with Crippen LogP contribution in [0.3, 0.4) is 0 Å². The lowest BCUT2D eigenvalue weighted by atomic mass is 10.0. The van der Waals surface area contributed by atoms with E-state index in [2.05, 4.69) is 13.8 Å². The second-order valence-corrected chi connectivity index (χ2v) is 5.02. The van der Waals surface area contributed by atoms with Gasteiger partial charge in [0.2, 0.25) is 0 Å². The van der Waals surface area contributed by atoms with Crippen molar-refractivity contribution in [3.8, 4) is 0 Å². The van der Waals surface area contributed by atoms with Crippen LogP contribution >= 0.6 is 0 Å². The van der Waals surface area contributed by atoms with Crippen molar-refractivity contribution in [3.63, 3.8) is 0 Å². The van der Waals surface area contributed by atoms with Gasteiger partial charge in [0.05, 0.1) is 6.10 Å². The van der Waals surface area contributed by atoms with E-state index in [0.717, 1.165) is 0 Å². The molecule has 1 saturated heterocycles. The Kier molecular flexibility index (Phi) is 3.48. The molecule has 1 N–H and O–H groups in total. The molecule has 0 radical (unpaired) electrons. The number of nitrogens with zero attached hydrogens (tertiary/aromatic N) is 1. The van der Waals surface area contributed by atoms with Gasteiger partial charge in [0.1, 0.15) is 0 Å². The first-order valence-electron chi connectivity index (χ1n) is 6.13. The van der Waals surface area contributed by atoms with Gasteiger partial charge in [-0.2, -0.15) is 0 Å². The molecule has 3 nitrogen and oxygen atoms in total. The first-order chi connectivity index (χ1) is 8.09. The summed E-state index contributed by atoms with van der Waals surface area (Å²) < 4.78 is 0. The van der Waals surface area contributed by atoms with Gasteiger partial charge in [-0.3, -0.25) is 4.79 Å². The normalized spacial score (nSPS) is 24.4. The van der Waals surface area contributed by atoms with Crippen molar-refractivity contribution in [2.75, 3.05) is 6.54 Å². The average molecular weight is 233 g/mol. The summed E-state index contributed by atoms with van der Waals surface area (Å²) in [5.41, 5.74) is 0.701. The summed E-state index contributed by atoms with van der Waals surface area (Å²) >= 11 is 0. The monoisotopic (exact) mass is 233 g/mol. The maximum atomic E-state index is 12.3. The van der Waals surface area contributed by atoms with Crippen molar-refractivity contribution in [3.05, 3.63) is 35.9 Å². The van der Waals surface area contributed by atoms with Crippen LogP contribution in [0.1, 0.15) is 30.6 Å². The number of hydrogen-bond donors (Lipinski definition) is 1. The van der Waals surface area contributed by atoms with E-state index in [9.17, 15) is 9.90 Å². The molecular formula is C14H19NO2. The molecule has 1 unspecified atom stereocenters. The summed E-state index contributed by atoms with van der Waals surface area (Å²) in [7, 11) is 0. The van der Waals surface area contributed by atoms with Crippen molar-refractivity contribution in [1.29, 1.82) is 0 Å². The third-order valence-corrected chi connectivity index (χ3v) is 3.37. The van der Waals surface area contributed by atoms with E-state index in [1.165, 1.54) is 0 Å². The molecule has 1 fully saturated rings. The standard InChI is InChI=1S/C14H19NO2/c1-10(2)13-8-12(16)9-15(13)14(17)11-6-4-3-5-7-11/h3-7,10,12-13,16H,8-9H2,1-2H3/t12-,13?/m1/s1. The van der Waals surface area contributed by atoms with Crippen LogP contribution in [0.2, 0.25) is 0 Å². The van der Waals surface area contributed by atoms with Gasteiger partial charge in [-0.1, -0.05) is 32.0 Å². The minimum atomic E-state index is -0.380. The number of benzene rings is 1. The largest absolute Gasteiger partial charge is 0.391 e.